The van der Waals surface area contributed by atoms with Crippen molar-refractivity contribution >= 4 is 86.8 Å². The van der Waals surface area contributed by atoms with Crippen LogP contribution < -0.4 is 5.73 Å². The molecule has 0 spiro atoms. The molecule has 0 saturated carbocycles. The fraction of sp³-hybridized carbons (Fsp3) is 0.800. The van der Waals surface area contributed by atoms with Gasteiger partial charge in [-0.05, 0) is 6.92 Å². The van der Waals surface area contributed by atoms with Crippen LogP contribution in [0.2, 0.25) is 0 Å². The summed E-state index contributed by atoms with van der Waals surface area (Å²) in [6.45, 7) is 1.50. The number of β-lactam (4-membered cyclic amide) rings is 1. The van der Waals surface area contributed by atoms with Gasteiger partial charge in [0, 0.05) is 5.33 Å². The number of carbonyl (C=O) groups excluding carboxylic acids is 2. The van der Waals surface area contributed by atoms with E-state index in [2.05, 4.69) is 15.9 Å². The van der Waals surface area contributed by atoms with E-state index in [-0.39, 0.29) is 30.3 Å². The van der Waals surface area contributed by atoms with Crippen molar-refractivity contribution in [3.8, 4) is 0 Å². The SMILES string of the molecule is CC1(CBr)S[C@H]2C(N)C(=O)N2C1C(=O)OCC(Cl)(Cl)Cl.Cl. The zero-order valence-electron chi connectivity index (χ0n) is 10.7. The Morgan fingerprint density at radius 1 is 1.57 bits per heavy atom. The highest BCUT2D eigenvalue weighted by molar-refractivity contribution is 9.09. The van der Waals surface area contributed by atoms with Gasteiger partial charge in [0.15, 0.2) is 0 Å². The summed E-state index contributed by atoms with van der Waals surface area (Å²) in [4.78, 5) is 25.5. The van der Waals surface area contributed by atoms with Crippen LogP contribution in [-0.2, 0) is 14.3 Å². The molecule has 3 unspecified atom stereocenters. The van der Waals surface area contributed by atoms with Gasteiger partial charge in [-0.1, -0.05) is 50.7 Å². The Balaban J connectivity index is 0.00000220. The second-order valence-electron chi connectivity index (χ2n) is 4.85. The number of thioether (sulfide) groups is 1. The van der Waals surface area contributed by atoms with Crippen LogP contribution in [0.1, 0.15) is 6.92 Å². The van der Waals surface area contributed by atoms with E-state index < -0.39 is 26.6 Å². The Bertz CT molecular complexity index is 453. The lowest BCUT2D eigenvalue weighted by Crippen LogP contribution is -2.69. The highest BCUT2D eigenvalue weighted by Gasteiger charge is 2.64. The van der Waals surface area contributed by atoms with E-state index in [0.29, 0.717) is 5.33 Å². The molecule has 1 amide bonds. The molecule has 2 fully saturated rings. The first-order chi connectivity index (χ1) is 9.10. The van der Waals surface area contributed by atoms with E-state index in [1.54, 1.807) is 0 Å². The Morgan fingerprint density at radius 3 is 2.62 bits per heavy atom. The zero-order chi connectivity index (χ0) is 15.3. The normalized spacial score (nSPS) is 34.9. The average molecular weight is 463 g/mol. The second-order valence-corrected chi connectivity index (χ2v) is 9.58. The maximum atomic E-state index is 12.2. The lowest BCUT2D eigenvalue weighted by Gasteiger charge is -2.42. The van der Waals surface area contributed by atoms with Crippen molar-refractivity contribution in [2.75, 3.05) is 11.9 Å². The number of nitrogens with zero attached hydrogens (tertiary/aromatic N) is 1. The van der Waals surface area contributed by atoms with Gasteiger partial charge in [-0.15, -0.1) is 24.2 Å². The third kappa shape index (κ3) is 3.70. The van der Waals surface area contributed by atoms with Crippen molar-refractivity contribution < 1.29 is 14.3 Å². The van der Waals surface area contributed by atoms with Crippen molar-refractivity contribution in [2.24, 2.45) is 5.73 Å². The monoisotopic (exact) mass is 460 g/mol. The molecule has 2 aliphatic heterocycles. The molecule has 0 aromatic heterocycles. The lowest BCUT2D eigenvalue weighted by molar-refractivity contribution is -0.162. The zero-order valence-corrected chi connectivity index (χ0v) is 16.2. The van der Waals surface area contributed by atoms with Crippen molar-refractivity contribution in [3.63, 3.8) is 0 Å². The molecule has 2 aliphatic rings. The molecule has 4 atom stereocenters. The van der Waals surface area contributed by atoms with Crippen LogP contribution in [-0.4, -0.2) is 54.7 Å². The van der Waals surface area contributed by atoms with Gasteiger partial charge in [0.05, 0.1) is 4.75 Å². The first-order valence-corrected chi connectivity index (χ1v) is 8.79. The van der Waals surface area contributed by atoms with Crippen LogP contribution in [0.15, 0.2) is 0 Å². The highest BCUT2D eigenvalue weighted by atomic mass is 79.9. The molecule has 2 saturated heterocycles. The quantitative estimate of drug-likeness (QED) is 0.395. The van der Waals surface area contributed by atoms with Gasteiger partial charge in [-0.25, -0.2) is 4.79 Å². The molecule has 5 nitrogen and oxygen atoms in total. The topological polar surface area (TPSA) is 72.6 Å². The molecule has 0 aromatic carbocycles. The number of halogens is 5. The number of nitrogens with two attached hydrogens (primary N) is 1. The van der Waals surface area contributed by atoms with E-state index >= 15 is 0 Å². The van der Waals surface area contributed by atoms with Gasteiger partial charge in [-0.2, -0.15) is 0 Å². The van der Waals surface area contributed by atoms with E-state index in [1.807, 2.05) is 6.92 Å². The average Bonchev–Trinajstić information content (AvgIpc) is 2.66. The number of rotatable bonds is 3. The van der Waals surface area contributed by atoms with Gasteiger partial charge >= 0.3 is 5.97 Å². The summed E-state index contributed by atoms with van der Waals surface area (Å²) in [6.07, 6.45) is 0. The van der Waals surface area contributed by atoms with Gasteiger partial charge in [-0.3, -0.25) is 4.79 Å². The molecule has 0 aromatic rings. The predicted octanol–water partition coefficient (Wildman–Crippen LogP) is 2.09. The molecule has 11 heteroatoms. The summed E-state index contributed by atoms with van der Waals surface area (Å²) in [6, 6.07) is -1.32. The molecule has 0 bridgehead atoms. The lowest BCUT2D eigenvalue weighted by atomic mass is 9.96. The Morgan fingerprint density at radius 2 is 2.14 bits per heavy atom. The number of esters is 1. The van der Waals surface area contributed by atoms with Crippen LogP contribution in [0.25, 0.3) is 0 Å². The molecule has 21 heavy (non-hydrogen) atoms. The smallest absolute Gasteiger partial charge is 0.330 e. The van der Waals surface area contributed by atoms with E-state index in [1.165, 1.54) is 16.7 Å². The number of hydrogen-bond donors (Lipinski definition) is 1. The van der Waals surface area contributed by atoms with Gasteiger partial charge in [0.25, 0.3) is 0 Å². The van der Waals surface area contributed by atoms with Crippen molar-refractivity contribution in [1.82, 2.24) is 4.90 Å². The minimum Gasteiger partial charge on any atom is -0.460 e. The first kappa shape index (κ1) is 19.9. The number of hydrogen-bond acceptors (Lipinski definition) is 5. The Kier molecular flexibility index (Phi) is 6.44. The first-order valence-electron chi connectivity index (χ1n) is 5.65. The van der Waals surface area contributed by atoms with E-state index in [0.717, 1.165) is 0 Å². The highest BCUT2D eigenvalue weighted by Crippen LogP contribution is 2.51. The van der Waals surface area contributed by atoms with Crippen molar-refractivity contribution in [2.45, 2.75) is 32.9 Å². The minimum atomic E-state index is -1.68. The molecule has 2 heterocycles. The van der Waals surface area contributed by atoms with Crippen LogP contribution in [0.3, 0.4) is 0 Å². The molecule has 2 rings (SSSR count). The molecule has 0 radical (unpaired) electrons. The summed E-state index contributed by atoms with van der Waals surface area (Å²) in [5, 5.41) is 0.293. The standard InChI is InChI=1S/C10H12BrCl3N2O3S.ClH/c1-9(2-11)5(8(18)19-3-10(12,13)14)16-6(17)4(15)7(16)20-9;/h4-5,7H,2-3,15H2,1H3;1H/t4?,5?,7-,9?;/m0./s1. The summed E-state index contributed by atoms with van der Waals surface area (Å²) >= 11 is 21.5. The van der Waals surface area contributed by atoms with Crippen molar-refractivity contribution in [3.05, 3.63) is 0 Å². The van der Waals surface area contributed by atoms with Crippen molar-refractivity contribution in [1.29, 1.82) is 0 Å². The Labute approximate surface area is 156 Å². The maximum absolute atomic E-state index is 12.2. The van der Waals surface area contributed by atoms with Gasteiger partial charge in [0.1, 0.15) is 24.1 Å². The fourth-order valence-corrected chi connectivity index (χ4v) is 4.67. The second kappa shape index (κ2) is 6.79. The number of carbonyl (C=O) groups is 2. The third-order valence-corrected chi connectivity index (χ3v) is 6.77. The number of fused-ring (bicyclic) bond motifs is 1. The molecular weight excluding hydrogens is 450 g/mol. The number of alkyl halides is 4. The van der Waals surface area contributed by atoms with Crippen LogP contribution >= 0.6 is 74.9 Å². The molecule has 0 aliphatic carbocycles. The number of amides is 1. The maximum Gasteiger partial charge on any atom is 0.330 e. The summed E-state index contributed by atoms with van der Waals surface area (Å²) in [5.74, 6) is -0.850. The van der Waals surface area contributed by atoms with Gasteiger partial charge in [0.2, 0.25) is 9.70 Å². The Hall–Kier alpha value is 0.890. The summed E-state index contributed by atoms with van der Waals surface area (Å²) in [7, 11) is 0. The third-order valence-electron chi connectivity index (χ3n) is 3.23. The van der Waals surface area contributed by atoms with E-state index in [9.17, 15) is 9.59 Å². The van der Waals surface area contributed by atoms with Crippen LogP contribution in [0.5, 0.6) is 0 Å². The van der Waals surface area contributed by atoms with Crippen LogP contribution in [0.4, 0.5) is 0 Å². The minimum absolute atomic E-state index is 0. The summed E-state index contributed by atoms with van der Waals surface area (Å²) < 4.78 is 2.81. The molecular formula is C10H13BrCl4N2O3S. The fourth-order valence-electron chi connectivity index (χ4n) is 2.25. The predicted molar refractivity (Wildman–Crippen MR) is 90.7 cm³/mol. The molecule has 122 valence electrons. The molecule has 2 N–H and O–H groups in total. The van der Waals surface area contributed by atoms with Crippen LogP contribution in [0, 0.1) is 0 Å². The largest absolute Gasteiger partial charge is 0.460 e. The van der Waals surface area contributed by atoms with Gasteiger partial charge < -0.3 is 15.4 Å². The van der Waals surface area contributed by atoms with E-state index in [4.69, 9.17) is 45.3 Å². The summed E-state index contributed by atoms with van der Waals surface area (Å²) in [5.41, 5.74) is 5.75. The number of ether oxygens (including phenoxy) is 1.